The number of tetrazole rings is 1. The lowest BCUT2D eigenvalue weighted by atomic mass is 10.2. The van der Waals surface area contributed by atoms with Gasteiger partial charge in [0.15, 0.2) is 0 Å². The molecule has 0 fully saturated rings. The first-order valence-corrected chi connectivity index (χ1v) is 7.12. The molecule has 0 radical (unpaired) electrons. The van der Waals surface area contributed by atoms with Crippen LogP contribution < -0.4 is 4.74 Å². The molecule has 0 amide bonds. The molecule has 0 unspecified atom stereocenters. The van der Waals surface area contributed by atoms with Crippen molar-refractivity contribution in [1.82, 2.24) is 20.2 Å². The van der Waals surface area contributed by atoms with Gasteiger partial charge in [0.2, 0.25) is 5.82 Å². The van der Waals surface area contributed by atoms with Crippen LogP contribution in [0.5, 0.6) is 5.75 Å². The van der Waals surface area contributed by atoms with Gasteiger partial charge in [-0.3, -0.25) is 0 Å². The Morgan fingerprint density at radius 2 is 1.70 bits per heavy atom. The lowest BCUT2D eigenvalue weighted by molar-refractivity contribution is 0.517. The Labute approximate surface area is 134 Å². The fraction of sp³-hybridized carbons (Fsp3) is 0.0556. The zero-order chi connectivity index (χ0) is 16.2. The summed E-state index contributed by atoms with van der Waals surface area (Å²) >= 11 is 0. The Hall–Kier alpha value is -3.21. The van der Waals surface area contributed by atoms with Crippen molar-refractivity contribution in [1.29, 1.82) is 0 Å². The monoisotopic (exact) mass is 304 g/mol. The van der Waals surface area contributed by atoms with Gasteiger partial charge in [-0.2, -0.15) is 0 Å². The van der Waals surface area contributed by atoms with E-state index in [0.29, 0.717) is 23.0 Å². The summed E-state index contributed by atoms with van der Waals surface area (Å²) in [4.78, 5) is 1.40. The number of allylic oxidation sites excluding steroid dienone is 1. The maximum atomic E-state index is 5.76. The Morgan fingerprint density at radius 3 is 2.30 bits per heavy atom. The van der Waals surface area contributed by atoms with E-state index < -0.39 is 0 Å². The van der Waals surface area contributed by atoms with Crippen molar-refractivity contribution in [3.8, 4) is 17.1 Å². The molecule has 3 aromatic rings. The Balaban J connectivity index is 1.74. The first-order valence-electron chi connectivity index (χ1n) is 7.12. The summed E-state index contributed by atoms with van der Waals surface area (Å²) in [5.74, 6) is 1.85. The standard InChI is InChI=1S/C18H16N4O/c1-13(2)22-20-18(19-21-22)16-9-11-17(12-10-16)23-14(3)15-7-5-4-6-8-15/h4-12H,1,3H2,2H3. The SMILES string of the molecule is C=C(Oc1ccc(-c2nnn(C(=C)C)n2)cc1)c1ccccc1. The van der Waals surface area contributed by atoms with Crippen molar-refractivity contribution in [2.24, 2.45) is 0 Å². The molecule has 1 heterocycles. The third-order valence-electron chi connectivity index (χ3n) is 3.20. The topological polar surface area (TPSA) is 52.8 Å². The molecule has 23 heavy (non-hydrogen) atoms. The fourth-order valence-corrected chi connectivity index (χ4v) is 1.99. The van der Waals surface area contributed by atoms with Gasteiger partial charge in [0, 0.05) is 11.1 Å². The van der Waals surface area contributed by atoms with E-state index in [2.05, 4.69) is 28.6 Å². The normalized spacial score (nSPS) is 10.3. The molecule has 0 aliphatic rings. The maximum Gasteiger partial charge on any atom is 0.205 e. The van der Waals surface area contributed by atoms with Crippen LogP contribution in [0.3, 0.4) is 0 Å². The van der Waals surface area contributed by atoms with Gasteiger partial charge in [0.25, 0.3) is 0 Å². The van der Waals surface area contributed by atoms with Gasteiger partial charge >= 0.3 is 0 Å². The Morgan fingerprint density at radius 1 is 1.00 bits per heavy atom. The highest BCUT2D eigenvalue weighted by molar-refractivity contribution is 5.61. The quantitative estimate of drug-likeness (QED) is 0.671. The van der Waals surface area contributed by atoms with Crippen molar-refractivity contribution in [3.63, 3.8) is 0 Å². The zero-order valence-electron chi connectivity index (χ0n) is 12.8. The van der Waals surface area contributed by atoms with Crippen LogP contribution in [0, 0.1) is 0 Å². The predicted octanol–water partition coefficient (Wildman–Crippen LogP) is 3.88. The van der Waals surface area contributed by atoms with E-state index in [1.165, 1.54) is 4.80 Å². The van der Waals surface area contributed by atoms with Crippen LogP contribution in [0.1, 0.15) is 12.5 Å². The van der Waals surface area contributed by atoms with E-state index in [1.54, 1.807) is 0 Å². The van der Waals surface area contributed by atoms with Crippen molar-refractivity contribution in [2.45, 2.75) is 6.92 Å². The molecule has 2 aromatic carbocycles. The van der Waals surface area contributed by atoms with Crippen LogP contribution in [-0.4, -0.2) is 20.2 Å². The highest BCUT2D eigenvalue weighted by Crippen LogP contribution is 2.23. The molecule has 114 valence electrons. The summed E-state index contributed by atoms with van der Waals surface area (Å²) in [5, 5.41) is 12.2. The van der Waals surface area contributed by atoms with Crippen molar-refractivity contribution in [2.75, 3.05) is 0 Å². The fourth-order valence-electron chi connectivity index (χ4n) is 1.99. The molecular weight excluding hydrogens is 288 g/mol. The van der Waals surface area contributed by atoms with Gasteiger partial charge in [-0.1, -0.05) is 43.5 Å². The molecule has 3 rings (SSSR count). The first kappa shape index (κ1) is 14.7. The second-order valence-electron chi connectivity index (χ2n) is 5.05. The molecule has 0 saturated heterocycles. The summed E-state index contributed by atoms with van der Waals surface area (Å²) in [6.07, 6.45) is 0. The largest absolute Gasteiger partial charge is 0.457 e. The van der Waals surface area contributed by atoms with E-state index in [1.807, 2.05) is 61.5 Å². The highest BCUT2D eigenvalue weighted by atomic mass is 16.5. The number of rotatable bonds is 5. The average Bonchev–Trinajstić information content (AvgIpc) is 3.07. The third kappa shape index (κ3) is 3.35. The van der Waals surface area contributed by atoms with E-state index in [0.717, 1.165) is 11.1 Å². The van der Waals surface area contributed by atoms with E-state index in [4.69, 9.17) is 4.74 Å². The minimum absolute atomic E-state index is 0.543. The molecule has 0 aliphatic carbocycles. The molecule has 0 bridgehead atoms. The molecule has 0 aliphatic heterocycles. The van der Waals surface area contributed by atoms with E-state index in [-0.39, 0.29) is 0 Å². The number of hydrogen-bond acceptors (Lipinski definition) is 4. The third-order valence-corrected chi connectivity index (χ3v) is 3.20. The summed E-state index contributed by atoms with van der Waals surface area (Å²) in [6.45, 7) is 9.55. The van der Waals surface area contributed by atoms with Crippen molar-refractivity contribution >= 4 is 11.5 Å². The van der Waals surface area contributed by atoms with Crippen LogP contribution >= 0.6 is 0 Å². The zero-order valence-corrected chi connectivity index (χ0v) is 12.8. The summed E-state index contributed by atoms with van der Waals surface area (Å²) in [7, 11) is 0. The van der Waals surface area contributed by atoms with Crippen LogP contribution in [0.2, 0.25) is 0 Å². The molecule has 5 heteroatoms. The minimum atomic E-state index is 0.543. The van der Waals surface area contributed by atoms with Gasteiger partial charge in [0.05, 0.1) is 5.70 Å². The summed E-state index contributed by atoms with van der Waals surface area (Å²) in [5.41, 5.74) is 2.51. The smallest absolute Gasteiger partial charge is 0.205 e. The van der Waals surface area contributed by atoms with Crippen molar-refractivity contribution < 1.29 is 4.74 Å². The Bertz CT molecular complexity index is 835. The van der Waals surface area contributed by atoms with Gasteiger partial charge in [-0.05, 0) is 36.4 Å². The lowest BCUT2D eigenvalue weighted by Gasteiger charge is -2.08. The lowest BCUT2D eigenvalue weighted by Crippen LogP contribution is -1.96. The maximum absolute atomic E-state index is 5.76. The number of ether oxygens (including phenoxy) is 1. The van der Waals surface area contributed by atoms with E-state index >= 15 is 0 Å². The van der Waals surface area contributed by atoms with Gasteiger partial charge in [-0.15, -0.1) is 15.0 Å². The van der Waals surface area contributed by atoms with Crippen LogP contribution in [0.4, 0.5) is 0 Å². The van der Waals surface area contributed by atoms with Crippen LogP contribution in [0.15, 0.2) is 67.8 Å². The number of hydrogen-bond donors (Lipinski definition) is 0. The molecule has 5 nitrogen and oxygen atoms in total. The number of benzene rings is 2. The minimum Gasteiger partial charge on any atom is -0.457 e. The molecule has 0 N–H and O–H groups in total. The average molecular weight is 304 g/mol. The summed E-state index contributed by atoms with van der Waals surface area (Å²) in [6, 6.07) is 17.2. The molecule has 0 atom stereocenters. The highest BCUT2D eigenvalue weighted by Gasteiger charge is 2.07. The van der Waals surface area contributed by atoms with Crippen LogP contribution in [0.25, 0.3) is 22.8 Å². The molecule has 1 aromatic heterocycles. The van der Waals surface area contributed by atoms with Gasteiger partial charge < -0.3 is 4.74 Å². The number of aromatic nitrogens is 4. The first-order chi connectivity index (χ1) is 11.1. The van der Waals surface area contributed by atoms with Crippen LogP contribution in [-0.2, 0) is 0 Å². The number of nitrogens with zero attached hydrogens (tertiary/aromatic N) is 4. The van der Waals surface area contributed by atoms with Gasteiger partial charge in [0.1, 0.15) is 11.5 Å². The molecule has 0 spiro atoms. The molecular formula is C18H16N4O. The second-order valence-corrected chi connectivity index (χ2v) is 5.05. The Kier molecular flexibility index (Phi) is 4.01. The van der Waals surface area contributed by atoms with E-state index in [9.17, 15) is 0 Å². The summed E-state index contributed by atoms with van der Waals surface area (Å²) < 4.78 is 5.76. The van der Waals surface area contributed by atoms with Crippen molar-refractivity contribution in [3.05, 3.63) is 73.3 Å². The second kappa shape index (κ2) is 6.27. The predicted molar refractivity (Wildman–Crippen MR) is 90.4 cm³/mol. The van der Waals surface area contributed by atoms with Gasteiger partial charge in [-0.25, -0.2) is 0 Å². The molecule has 0 saturated carbocycles.